The van der Waals surface area contributed by atoms with Gasteiger partial charge >= 0.3 is 7.82 Å². The Morgan fingerprint density at radius 2 is 2.20 bits per heavy atom. The van der Waals surface area contributed by atoms with Crippen molar-refractivity contribution in [1.29, 1.82) is 0 Å². The molecule has 0 aromatic carbocycles. The average Bonchev–Trinajstić information content (AvgIpc) is 1.59. The highest BCUT2D eigenvalue weighted by atomic mass is 35.5. The normalized spacial score (nSPS) is 15.2. The predicted octanol–water partition coefficient (Wildman–Crippen LogP) is 1.11. The standard InChI is InChI=1S/C4H10ClO4P/c1-4(5)2-3-9-10(6,7)8/h4H,2-3H2,1H3,(H2,6,7,8). The monoisotopic (exact) mass is 188 g/mol. The molecule has 4 nitrogen and oxygen atoms in total. The number of alkyl halides is 1. The minimum Gasteiger partial charge on any atom is -0.303 e. The Morgan fingerprint density at radius 1 is 1.70 bits per heavy atom. The van der Waals surface area contributed by atoms with Gasteiger partial charge in [0.15, 0.2) is 0 Å². The Bertz CT molecular complexity index is 131. The van der Waals surface area contributed by atoms with Crippen LogP contribution in [0.2, 0.25) is 0 Å². The molecule has 0 radical (unpaired) electrons. The van der Waals surface area contributed by atoms with Crippen LogP contribution in [-0.2, 0) is 9.09 Å². The molecule has 62 valence electrons. The van der Waals surface area contributed by atoms with Gasteiger partial charge in [0.1, 0.15) is 0 Å². The van der Waals surface area contributed by atoms with Gasteiger partial charge in [-0.2, -0.15) is 0 Å². The molecule has 0 aliphatic carbocycles. The second-order valence-corrected chi connectivity index (χ2v) is 3.88. The van der Waals surface area contributed by atoms with E-state index in [9.17, 15) is 4.57 Å². The van der Waals surface area contributed by atoms with Crippen molar-refractivity contribution >= 4 is 19.4 Å². The number of hydrogen-bond acceptors (Lipinski definition) is 2. The zero-order valence-corrected chi connectivity index (χ0v) is 7.18. The third-order valence-corrected chi connectivity index (χ3v) is 1.51. The number of hydrogen-bond donors (Lipinski definition) is 2. The first-order valence-electron chi connectivity index (χ1n) is 2.76. The number of phosphoric ester groups is 1. The molecule has 10 heavy (non-hydrogen) atoms. The topological polar surface area (TPSA) is 66.8 Å². The van der Waals surface area contributed by atoms with Gasteiger partial charge in [-0.3, -0.25) is 4.52 Å². The zero-order valence-electron chi connectivity index (χ0n) is 5.53. The van der Waals surface area contributed by atoms with Crippen LogP contribution in [-0.4, -0.2) is 21.8 Å². The van der Waals surface area contributed by atoms with Gasteiger partial charge in [-0.05, 0) is 13.3 Å². The van der Waals surface area contributed by atoms with Gasteiger partial charge in [0, 0.05) is 5.38 Å². The van der Waals surface area contributed by atoms with E-state index in [1.807, 2.05) is 0 Å². The highest BCUT2D eigenvalue weighted by Crippen LogP contribution is 2.35. The first-order chi connectivity index (χ1) is 4.42. The van der Waals surface area contributed by atoms with Crippen LogP contribution < -0.4 is 0 Å². The van der Waals surface area contributed by atoms with Crippen molar-refractivity contribution in [2.45, 2.75) is 18.7 Å². The van der Waals surface area contributed by atoms with Crippen molar-refractivity contribution in [3.8, 4) is 0 Å². The van der Waals surface area contributed by atoms with E-state index in [1.54, 1.807) is 6.92 Å². The lowest BCUT2D eigenvalue weighted by Crippen LogP contribution is -1.98. The molecule has 1 atom stereocenters. The van der Waals surface area contributed by atoms with Gasteiger partial charge in [-0.1, -0.05) is 0 Å². The highest BCUT2D eigenvalue weighted by Gasteiger charge is 2.13. The maximum Gasteiger partial charge on any atom is 0.469 e. The van der Waals surface area contributed by atoms with Crippen LogP contribution in [0.25, 0.3) is 0 Å². The summed E-state index contributed by atoms with van der Waals surface area (Å²) in [5.74, 6) is 0. The molecule has 0 fully saturated rings. The number of phosphoric acid groups is 1. The molecule has 0 saturated heterocycles. The summed E-state index contributed by atoms with van der Waals surface area (Å²) < 4.78 is 14.2. The Kier molecular flexibility index (Phi) is 4.49. The molecule has 0 amide bonds. The Hall–Kier alpha value is 0.400. The molecule has 2 N–H and O–H groups in total. The van der Waals surface area contributed by atoms with Crippen LogP contribution in [0.3, 0.4) is 0 Å². The molecule has 0 bridgehead atoms. The molecule has 6 heteroatoms. The fourth-order valence-corrected chi connectivity index (χ4v) is 0.766. The van der Waals surface area contributed by atoms with Gasteiger partial charge < -0.3 is 9.79 Å². The van der Waals surface area contributed by atoms with Crippen LogP contribution in [0.4, 0.5) is 0 Å². The van der Waals surface area contributed by atoms with E-state index in [0.717, 1.165) is 0 Å². The molecule has 0 aliphatic heterocycles. The van der Waals surface area contributed by atoms with Crippen molar-refractivity contribution in [2.24, 2.45) is 0 Å². The van der Waals surface area contributed by atoms with E-state index in [1.165, 1.54) is 0 Å². The summed E-state index contributed by atoms with van der Waals surface area (Å²) in [6.07, 6.45) is 0.437. The molecular weight excluding hydrogens is 178 g/mol. The lowest BCUT2D eigenvalue weighted by Gasteiger charge is -2.04. The Labute approximate surface area is 64.4 Å². The predicted molar refractivity (Wildman–Crippen MR) is 37.9 cm³/mol. The van der Waals surface area contributed by atoms with Crippen molar-refractivity contribution in [2.75, 3.05) is 6.61 Å². The van der Waals surface area contributed by atoms with E-state index < -0.39 is 7.82 Å². The van der Waals surface area contributed by atoms with Crippen molar-refractivity contribution in [1.82, 2.24) is 0 Å². The minimum atomic E-state index is -4.28. The van der Waals surface area contributed by atoms with Crippen LogP contribution >= 0.6 is 19.4 Å². The second kappa shape index (κ2) is 4.31. The number of rotatable bonds is 4. The first kappa shape index (κ1) is 10.4. The van der Waals surface area contributed by atoms with Gasteiger partial charge in [-0.15, -0.1) is 11.6 Å². The summed E-state index contributed by atoms with van der Waals surface area (Å²) in [7, 11) is -4.28. The molecular formula is C4H10ClO4P. The third kappa shape index (κ3) is 8.40. The smallest absolute Gasteiger partial charge is 0.303 e. The van der Waals surface area contributed by atoms with Crippen molar-refractivity contribution in [3.05, 3.63) is 0 Å². The fraction of sp³-hybridized carbons (Fsp3) is 1.00. The van der Waals surface area contributed by atoms with E-state index in [-0.39, 0.29) is 12.0 Å². The number of halogens is 1. The van der Waals surface area contributed by atoms with Crippen LogP contribution in [0.15, 0.2) is 0 Å². The lowest BCUT2D eigenvalue weighted by molar-refractivity contribution is 0.195. The van der Waals surface area contributed by atoms with Gasteiger partial charge in [0.25, 0.3) is 0 Å². The summed E-state index contributed by atoms with van der Waals surface area (Å²) in [4.78, 5) is 16.4. The summed E-state index contributed by atoms with van der Waals surface area (Å²) in [6.45, 7) is 1.72. The largest absolute Gasteiger partial charge is 0.469 e. The molecule has 0 spiro atoms. The molecule has 0 aromatic heterocycles. The summed E-state index contributed by atoms with van der Waals surface area (Å²) in [6, 6.07) is 0. The van der Waals surface area contributed by atoms with E-state index in [2.05, 4.69) is 4.52 Å². The van der Waals surface area contributed by atoms with Crippen LogP contribution in [0.5, 0.6) is 0 Å². The van der Waals surface area contributed by atoms with Crippen molar-refractivity contribution in [3.63, 3.8) is 0 Å². The minimum absolute atomic E-state index is 0.00502. The summed E-state index contributed by atoms with van der Waals surface area (Å²) >= 11 is 5.47. The molecule has 0 heterocycles. The molecule has 0 rings (SSSR count). The maximum absolute atomic E-state index is 10.0. The SMILES string of the molecule is CC(Cl)CCOP(=O)(O)O. The third-order valence-electron chi connectivity index (χ3n) is 0.775. The second-order valence-electron chi connectivity index (χ2n) is 1.89. The van der Waals surface area contributed by atoms with Gasteiger partial charge in [0.05, 0.1) is 6.61 Å². The average molecular weight is 189 g/mol. The molecule has 0 aliphatic rings. The first-order valence-corrected chi connectivity index (χ1v) is 4.72. The highest BCUT2D eigenvalue weighted by molar-refractivity contribution is 7.46. The summed E-state index contributed by atoms with van der Waals surface area (Å²) in [5, 5.41) is -0.119. The Balaban J connectivity index is 3.30. The fourth-order valence-electron chi connectivity index (χ4n) is 0.334. The van der Waals surface area contributed by atoms with E-state index >= 15 is 0 Å². The van der Waals surface area contributed by atoms with Crippen LogP contribution in [0, 0.1) is 0 Å². The molecule has 1 unspecified atom stereocenters. The van der Waals surface area contributed by atoms with Crippen molar-refractivity contribution < 1.29 is 18.9 Å². The summed E-state index contributed by atoms with van der Waals surface area (Å²) in [5.41, 5.74) is 0. The van der Waals surface area contributed by atoms with Gasteiger partial charge in [0.2, 0.25) is 0 Å². The van der Waals surface area contributed by atoms with E-state index in [0.29, 0.717) is 6.42 Å². The van der Waals surface area contributed by atoms with Crippen LogP contribution in [0.1, 0.15) is 13.3 Å². The van der Waals surface area contributed by atoms with E-state index in [4.69, 9.17) is 21.4 Å². The lowest BCUT2D eigenvalue weighted by atomic mass is 10.4. The quantitative estimate of drug-likeness (QED) is 0.512. The Morgan fingerprint density at radius 3 is 2.50 bits per heavy atom. The van der Waals surface area contributed by atoms with Gasteiger partial charge in [-0.25, -0.2) is 4.57 Å². The molecule has 0 saturated carbocycles. The zero-order chi connectivity index (χ0) is 8.20. The molecule has 0 aromatic rings. The maximum atomic E-state index is 10.0.